The fraction of sp³-hybridized carbons (Fsp3) is 0. The Morgan fingerprint density at radius 1 is 1.55 bits per heavy atom. The molecule has 0 aromatic carbocycles. The van der Waals surface area contributed by atoms with Gasteiger partial charge in [-0.25, -0.2) is 0 Å². The molecule has 0 aliphatic carbocycles. The molecule has 2 N–H and O–H groups in total. The molecular weight excluding hydrogens is 142 g/mol. The number of hydrogen-bond donors (Lipinski definition) is 2. The molecule has 11 heavy (non-hydrogen) atoms. The maximum absolute atomic E-state index is 10.2. The molecule has 1 aromatic heterocycles. The van der Waals surface area contributed by atoms with Gasteiger partial charge in [0.15, 0.2) is 0 Å². The van der Waals surface area contributed by atoms with E-state index in [9.17, 15) is 4.79 Å². The third-order valence-electron chi connectivity index (χ3n) is 1.28. The predicted molar refractivity (Wildman–Crippen MR) is 39.9 cm³/mol. The molecule has 0 spiro atoms. The van der Waals surface area contributed by atoms with Gasteiger partial charge in [0, 0.05) is 11.8 Å². The largest absolute Gasteiger partial charge is 0.298 e. The van der Waals surface area contributed by atoms with Crippen molar-refractivity contribution in [1.82, 2.24) is 4.57 Å². The normalized spacial score (nSPS) is 9.09. The van der Waals surface area contributed by atoms with Gasteiger partial charge < -0.3 is 0 Å². The average Bonchev–Trinajstić information content (AvgIpc) is 2.04. The Morgan fingerprint density at radius 3 is 2.73 bits per heavy atom. The first-order valence-electron chi connectivity index (χ1n) is 3.00. The van der Waals surface area contributed by atoms with Gasteiger partial charge in [0.2, 0.25) is 0 Å². The van der Waals surface area contributed by atoms with Crippen LogP contribution in [0.25, 0.3) is 0 Å². The summed E-state index contributed by atoms with van der Waals surface area (Å²) >= 11 is 0. The summed E-state index contributed by atoms with van der Waals surface area (Å²) in [6.45, 7) is 0. The molecule has 1 aromatic rings. The highest BCUT2D eigenvalue weighted by molar-refractivity contribution is 5.74. The number of nitrogens with one attached hydrogen (secondary N) is 2. The number of rotatable bonds is 2. The summed E-state index contributed by atoms with van der Waals surface area (Å²) < 4.78 is 1.30. The van der Waals surface area contributed by atoms with E-state index in [2.05, 4.69) is 0 Å². The predicted octanol–water partition coefficient (Wildman–Crippen LogP) is 0.235. The van der Waals surface area contributed by atoms with E-state index in [0.29, 0.717) is 11.8 Å². The highest BCUT2D eigenvalue weighted by Gasteiger charge is 1.90. The van der Waals surface area contributed by atoms with Crippen molar-refractivity contribution in [3.63, 3.8) is 0 Å². The van der Waals surface area contributed by atoms with E-state index in [-0.39, 0.29) is 5.49 Å². The van der Waals surface area contributed by atoms with E-state index in [1.54, 1.807) is 6.07 Å². The zero-order valence-electron chi connectivity index (χ0n) is 5.74. The summed E-state index contributed by atoms with van der Waals surface area (Å²) in [7, 11) is 0. The summed E-state index contributed by atoms with van der Waals surface area (Å²) in [5.74, 6) is 0. The summed E-state index contributed by atoms with van der Waals surface area (Å²) in [4.78, 5) is 10.2. The van der Waals surface area contributed by atoms with Crippen LogP contribution in [0.1, 0.15) is 10.4 Å². The first-order valence-corrected chi connectivity index (χ1v) is 3.00. The van der Waals surface area contributed by atoms with Crippen molar-refractivity contribution in [1.29, 1.82) is 10.8 Å². The van der Waals surface area contributed by atoms with Crippen molar-refractivity contribution in [2.24, 2.45) is 0 Å². The van der Waals surface area contributed by atoms with Gasteiger partial charge in [0.25, 0.3) is 0 Å². The van der Waals surface area contributed by atoms with Crippen LogP contribution in [-0.2, 0) is 0 Å². The standard InChI is InChI=1S/C7H7N3O/c8-5-10-2-1-6(4-11)3-7(10)9/h1-5,8-9H. The van der Waals surface area contributed by atoms with Crippen LogP contribution >= 0.6 is 0 Å². The van der Waals surface area contributed by atoms with Crippen LogP contribution in [0.3, 0.4) is 0 Å². The number of nitrogens with zero attached hydrogens (tertiary/aromatic N) is 1. The van der Waals surface area contributed by atoms with Crippen molar-refractivity contribution in [2.75, 3.05) is 0 Å². The minimum Gasteiger partial charge on any atom is -0.298 e. The number of pyridine rings is 1. The topological polar surface area (TPSA) is 69.7 Å². The first-order chi connectivity index (χ1) is 5.27. The van der Waals surface area contributed by atoms with Crippen molar-refractivity contribution in [3.8, 4) is 0 Å². The molecule has 0 aliphatic rings. The van der Waals surface area contributed by atoms with Crippen LogP contribution in [0.5, 0.6) is 0 Å². The molecular formula is C7H7N3O. The molecule has 0 aliphatic heterocycles. The van der Waals surface area contributed by atoms with E-state index in [1.807, 2.05) is 0 Å². The number of carbonyl (C=O) groups is 1. The van der Waals surface area contributed by atoms with Crippen molar-refractivity contribution in [3.05, 3.63) is 29.4 Å². The van der Waals surface area contributed by atoms with Crippen LogP contribution in [0.15, 0.2) is 18.3 Å². The highest BCUT2D eigenvalue weighted by atomic mass is 16.1. The lowest BCUT2D eigenvalue weighted by Crippen LogP contribution is -2.18. The summed E-state index contributed by atoms with van der Waals surface area (Å²) in [6.07, 6.45) is 3.18. The monoisotopic (exact) mass is 149 g/mol. The third kappa shape index (κ3) is 1.40. The second-order valence-electron chi connectivity index (χ2n) is 2.00. The fourth-order valence-electron chi connectivity index (χ4n) is 0.713. The molecule has 1 rings (SSSR count). The van der Waals surface area contributed by atoms with Crippen molar-refractivity contribution in [2.45, 2.75) is 0 Å². The molecule has 4 heteroatoms. The van der Waals surface area contributed by atoms with Crippen LogP contribution in [0.4, 0.5) is 0 Å². The van der Waals surface area contributed by atoms with E-state index < -0.39 is 0 Å². The van der Waals surface area contributed by atoms with Crippen molar-refractivity contribution >= 4 is 12.6 Å². The number of hydrogen-bond acceptors (Lipinski definition) is 3. The lowest BCUT2D eigenvalue weighted by molar-refractivity contribution is 0.112. The van der Waals surface area contributed by atoms with E-state index in [4.69, 9.17) is 10.8 Å². The quantitative estimate of drug-likeness (QED) is 0.353. The summed E-state index contributed by atoms with van der Waals surface area (Å²) in [6, 6.07) is 2.95. The Bertz CT molecular complexity index is 340. The van der Waals surface area contributed by atoms with E-state index in [0.717, 1.165) is 6.34 Å². The zero-order chi connectivity index (χ0) is 8.27. The minimum atomic E-state index is 0.129. The summed E-state index contributed by atoms with van der Waals surface area (Å²) in [5, 5.41) is 14.1. The van der Waals surface area contributed by atoms with Gasteiger partial charge >= 0.3 is 0 Å². The third-order valence-corrected chi connectivity index (χ3v) is 1.28. The van der Waals surface area contributed by atoms with Crippen LogP contribution in [0, 0.1) is 10.8 Å². The summed E-state index contributed by atoms with van der Waals surface area (Å²) in [5.41, 5.74) is 0.581. The Morgan fingerprint density at radius 2 is 2.27 bits per heavy atom. The molecule has 1 heterocycles. The van der Waals surface area contributed by atoms with Gasteiger partial charge in [-0.15, -0.1) is 0 Å². The second-order valence-corrected chi connectivity index (χ2v) is 2.00. The minimum absolute atomic E-state index is 0.129. The van der Waals surface area contributed by atoms with Gasteiger partial charge in [-0.2, -0.15) is 0 Å². The van der Waals surface area contributed by atoms with Crippen molar-refractivity contribution < 1.29 is 4.79 Å². The Kier molecular flexibility index (Phi) is 1.96. The molecule has 0 saturated carbocycles. The Hall–Kier alpha value is -1.71. The van der Waals surface area contributed by atoms with Gasteiger partial charge in [0.1, 0.15) is 11.8 Å². The molecule has 4 nitrogen and oxygen atoms in total. The number of aromatic nitrogens is 1. The molecule has 0 atom stereocenters. The highest BCUT2D eigenvalue weighted by Crippen LogP contribution is 1.86. The Balaban J connectivity index is 3.30. The van der Waals surface area contributed by atoms with Crippen LogP contribution < -0.4 is 5.49 Å². The lowest BCUT2D eigenvalue weighted by Gasteiger charge is -1.96. The molecule has 0 radical (unpaired) electrons. The number of carbonyl (C=O) groups excluding carboxylic acids is 1. The van der Waals surface area contributed by atoms with Gasteiger partial charge in [0.05, 0.1) is 6.34 Å². The van der Waals surface area contributed by atoms with Gasteiger partial charge in [-0.1, -0.05) is 0 Å². The first kappa shape index (κ1) is 7.40. The fourth-order valence-corrected chi connectivity index (χ4v) is 0.713. The smallest absolute Gasteiger partial charge is 0.150 e. The van der Waals surface area contributed by atoms with E-state index >= 15 is 0 Å². The zero-order valence-corrected chi connectivity index (χ0v) is 5.74. The number of aldehydes is 1. The van der Waals surface area contributed by atoms with Gasteiger partial charge in [-0.05, 0) is 12.1 Å². The maximum atomic E-state index is 10.2. The van der Waals surface area contributed by atoms with Crippen LogP contribution in [-0.4, -0.2) is 17.2 Å². The molecule has 0 amide bonds. The molecule has 0 unspecified atom stereocenters. The Labute approximate surface area is 63.1 Å². The second kappa shape index (κ2) is 2.92. The molecule has 0 bridgehead atoms. The van der Waals surface area contributed by atoms with Crippen LogP contribution in [0.2, 0.25) is 0 Å². The maximum Gasteiger partial charge on any atom is 0.150 e. The van der Waals surface area contributed by atoms with E-state index in [1.165, 1.54) is 16.8 Å². The molecule has 0 fully saturated rings. The molecule has 56 valence electrons. The SMILES string of the molecule is N=Cn1ccc(C=O)cc1=N. The molecule has 0 saturated heterocycles. The lowest BCUT2D eigenvalue weighted by atomic mass is 10.3. The van der Waals surface area contributed by atoms with Gasteiger partial charge in [-0.3, -0.25) is 20.2 Å². The average molecular weight is 149 g/mol.